The number of hydrogen-bond donors (Lipinski definition) is 1. The van der Waals surface area contributed by atoms with Crippen molar-refractivity contribution in [1.82, 2.24) is 9.88 Å². The number of thiophene rings is 1. The van der Waals surface area contributed by atoms with Crippen LogP contribution in [0.5, 0.6) is 0 Å². The van der Waals surface area contributed by atoms with E-state index in [4.69, 9.17) is 4.52 Å². The van der Waals surface area contributed by atoms with Gasteiger partial charge >= 0.3 is 0 Å². The first-order chi connectivity index (χ1) is 8.81. The molecule has 0 unspecified atom stereocenters. The zero-order valence-electron chi connectivity index (χ0n) is 10.7. The SMILES string of the molecule is Cc1cc(S(=O)(=O)NCc2c(C)noc2C)sc1Br. The lowest BCUT2D eigenvalue weighted by atomic mass is 10.2. The molecule has 0 aliphatic heterocycles. The van der Waals surface area contributed by atoms with Gasteiger partial charge in [-0.25, -0.2) is 13.1 Å². The molecule has 2 rings (SSSR count). The van der Waals surface area contributed by atoms with Gasteiger partial charge in [0.2, 0.25) is 10.0 Å². The third kappa shape index (κ3) is 3.07. The van der Waals surface area contributed by atoms with Crippen LogP contribution in [-0.4, -0.2) is 13.6 Å². The normalized spacial score (nSPS) is 12.0. The lowest BCUT2D eigenvalue weighted by Crippen LogP contribution is -2.22. The number of nitrogens with one attached hydrogen (secondary N) is 1. The lowest BCUT2D eigenvalue weighted by molar-refractivity contribution is 0.392. The van der Waals surface area contributed by atoms with Crippen LogP contribution < -0.4 is 4.72 Å². The Balaban J connectivity index is 2.19. The Morgan fingerprint density at radius 2 is 2.11 bits per heavy atom. The largest absolute Gasteiger partial charge is 0.361 e. The number of nitrogens with zero attached hydrogens (tertiary/aromatic N) is 1. The van der Waals surface area contributed by atoms with E-state index in [2.05, 4.69) is 25.8 Å². The minimum Gasteiger partial charge on any atom is -0.361 e. The highest BCUT2D eigenvalue weighted by atomic mass is 79.9. The Kier molecular flexibility index (Phi) is 4.14. The molecular formula is C11H13BrN2O3S2. The van der Waals surface area contributed by atoms with Crippen molar-refractivity contribution >= 4 is 37.3 Å². The van der Waals surface area contributed by atoms with E-state index in [1.54, 1.807) is 19.9 Å². The van der Waals surface area contributed by atoms with Crippen LogP contribution in [0.2, 0.25) is 0 Å². The van der Waals surface area contributed by atoms with E-state index in [9.17, 15) is 8.42 Å². The average Bonchev–Trinajstić information content (AvgIpc) is 2.82. The van der Waals surface area contributed by atoms with Crippen molar-refractivity contribution in [2.45, 2.75) is 31.5 Å². The molecule has 0 saturated carbocycles. The summed E-state index contributed by atoms with van der Waals surface area (Å²) in [6.07, 6.45) is 0. The molecule has 0 aliphatic carbocycles. The second-order valence-electron chi connectivity index (χ2n) is 4.15. The minimum absolute atomic E-state index is 0.179. The Labute approximate surface area is 124 Å². The fraction of sp³-hybridized carbons (Fsp3) is 0.364. The van der Waals surface area contributed by atoms with Crippen LogP contribution >= 0.6 is 27.3 Å². The molecule has 0 saturated heterocycles. The highest BCUT2D eigenvalue weighted by molar-refractivity contribution is 9.11. The molecule has 2 heterocycles. The van der Waals surface area contributed by atoms with Gasteiger partial charge in [0.1, 0.15) is 9.97 Å². The van der Waals surface area contributed by atoms with Crippen LogP contribution in [-0.2, 0) is 16.6 Å². The molecular weight excluding hydrogens is 352 g/mol. The van der Waals surface area contributed by atoms with Gasteiger partial charge in [0.05, 0.1) is 9.48 Å². The number of aryl methyl sites for hydroxylation is 3. The van der Waals surface area contributed by atoms with Crippen LogP contribution in [0.25, 0.3) is 0 Å². The topological polar surface area (TPSA) is 72.2 Å². The first-order valence-corrected chi connectivity index (χ1v) is 8.58. The molecule has 19 heavy (non-hydrogen) atoms. The molecule has 0 radical (unpaired) electrons. The van der Waals surface area contributed by atoms with Gasteiger partial charge in [-0.2, -0.15) is 0 Å². The van der Waals surface area contributed by atoms with E-state index in [0.29, 0.717) is 15.7 Å². The molecule has 104 valence electrons. The summed E-state index contributed by atoms with van der Waals surface area (Å²) in [5.74, 6) is 0.628. The van der Waals surface area contributed by atoms with Crippen molar-refractivity contribution < 1.29 is 12.9 Å². The first-order valence-electron chi connectivity index (χ1n) is 5.48. The number of aromatic nitrogens is 1. The predicted octanol–water partition coefficient (Wildman–Crippen LogP) is 2.90. The van der Waals surface area contributed by atoms with E-state index in [-0.39, 0.29) is 6.54 Å². The Morgan fingerprint density at radius 3 is 2.58 bits per heavy atom. The molecule has 0 amide bonds. The van der Waals surface area contributed by atoms with Gasteiger partial charge < -0.3 is 4.52 Å². The van der Waals surface area contributed by atoms with E-state index < -0.39 is 10.0 Å². The van der Waals surface area contributed by atoms with Gasteiger partial charge in [-0.05, 0) is 48.3 Å². The molecule has 0 fully saturated rings. The molecule has 1 N–H and O–H groups in total. The predicted molar refractivity (Wildman–Crippen MR) is 76.8 cm³/mol. The van der Waals surface area contributed by atoms with Crippen molar-refractivity contribution in [3.63, 3.8) is 0 Å². The van der Waals surface area contributed by atoms with Crippen molar-refractivity contribution in [3.05, 3.63) is 32.4 Å². The van der Waals surface area contributed by atoms with Gasteiger partial charge in [0.15, 0.2) is 0 Å². The van der Waals surface area contributed by atoms with Gasteiger partial charge in [-0.1, -0.05) is 5.16 Å². The summed E-state index contributed by atoms with van der Waals surface area (Å²) < 4.78 is 33.0. The zero-order valence-corrected chi connectivity index (χ0v) is 13.9. The lowest BCUT2D eigenvalue weighted by Gasteiger charge is -2.04. The fourth-order valence-electron chi connectivity index (χ4n) is 1.56. The van der Waals surface area contributed by atoms with Crippen molar-refractivity contribution in [2.75, 3.05) is 0 Å². The zero-order chi connectivity index (χ0) is 14.2. The molecule has 5 nitrogen and oxygen atoms in total. The first kappa shape index (κ1) is 14.7. The maximum atomic E-state index is 12.1. The summed E-state index contributed by atoms with van der Waals surface area (Å²) in [7, 11) is -3.50. The molecule has 0 aromatic carbocycles. The van der Waals surface area contributed by atoms with Crippen molar-refractivity contribution in [1.29, 1.82) is 0 Å². The van der Waals surface area contributed by atoms with Crippen LogP contribution in [0.4, 0.5) is 0 Å². The van der Waals surface area contributed by atoms with Gasteiger partial charge in [0, 0.05) is 12.1 Å². The van der Waals surface area contributed by atoms with E-state index in [0.717, 1.165) is 14.9 Å². The van der Waals surface area contributed by atoms with Crippen LogP contribution in [0.15, 0.2) is 18.6 Å². The van der Waals surface area contributed by atoms with Crippen molar-refractivity contribution in [2.24, 2.45) is 0 Å². The molecule has 8 heteroatoms. The smallest absolute Gasteiger partial charge is 0.250 e. The molecule has 2 aromatic heterocycles. The fourth-order valence-corrected chi connectivity index (χ4v) is 4.82. The second-order valence-corrected chi connectivity index (χ2v) is 8.51. The quantitative estimate of drug-likeness (QED) is 0.904. The van der Waals surface area contributed by atoms with Crippen LogP contribution in [0, 0.1) is 20.8 Å². The van der Waals surface area contributed by atoms with E-state index >= 15 is 0 Å². The number of hydrogen-bond acceptors (Lipinski definition) is 5. The molecule has 0 bridgehead atoms. The maximum absolute atomic E-state index is 12.1. The molecule has 0 spiro atoms. The van der Waals surface area contributed by atoms with Crippen molar-refractivity contribution in [3.8, 4) is 0 Å². The molecule has 0 aliphatic rings. The highest BCUT2D eigenvalue weighted by Gasteiger charge is 2.19. The van der Waals surface area contributed by atoms with Crippen LogP contribution in [0.1, 0.15) is 22.6 Å². The third-order valence-electron chi connectivity index (χ3n) is 2.72. The maximum Gasteiger partial charge on any atom is 0.250 e. The Bertz CT molecular complexity index is 665. The third-order valence-corrected chi connectivity index (χ3v) is 6.73. The molecule has 2 aromatic rings. The monoisotopic (exact) mass is 364 g/mol. The van der Waals surface area contributed by atoms with E-state index in [1.165, 1.54) is 11.3 Å². The summed E-state index contributed by atoms with van der Waals surface area (Å²) in [4.78, 5) is 0. The number of rotatable bonds is 4. The summed E-state index contributed by atoms with van der Waals surface area (Å²) >= 11 is 4.52. The van der Waals surface area contributed by atoms with E-state index in [1.807, 2.05) is 6.92 Å². The summed E-state index contributed by atoms with van der Waals surface area (Å²) in [5, 5.41) is 3.79. The summed E-state index contributed by atoms with van der Waals surface area (Å²) in [6, 6.07) is 1.64. The van der Waals surface area contributed by atoms with Gasteiger partial charge in [-0.15, -0.1) is 11.3 Å². The number of halogens is 1. The molecule has 0 atom stereocenters. The Hall–Kier alpha value is -0.700. The van der Waals surface area contributed by atoms with Crippen LogP contribution in [0.3, 0.4) is 0 Å². The number of sulfonamides is 1. The average molecular weight is 365 g/mol. The standard InChI is InChI=1S/C11H13BrN2O3S2/c1-6-4-10(18-11(6)12)19(15,16)13-5-9-7(2)14-17-8(9)3/h4,13H,5H2,1-3H3. The highest BCUT2D eigenvalue weighted by Crippen LogP contribution is 2.30. The Morgan fingerprint density at radius 1 is 1.42 bits per heavy atom. The summed E-state index contributed by atoms with van der Waals surface area (Å²) in [6.45, 7) is 5.58. The van der Waals surface area contributed by atoms with Gasteiger partial charge in [-0.3, -0.25) is 0 Å². The second kappa shape index (κ2) is 5.35. The summed E-state index contributed by atoms with van der Waals surface area (Å²) in [5.41, 5.74) is 2.38. The van der Waals surface area contributed by atoms with Gasteiger partial charge in [0.25, 0.3) is 0 Å². The minimum atomic E-state index is -3.50.